The summed E-state index contributed by atoms with van der Waals surface area (Å²) in [5.41, 5.74) is 2.87. The predicted octanol–water partition coefficient (Wildman–Crippen LogP) is 5.27. The SMILES string of the molecule is CCC[C@H](CCC(C)=O)[C@@H](CC)c1ccccc1C. The lowest BCUT2D eigenvalue weighted by molar-refractivity contribution is -0.117. The van der Waals surface area contributed by atoms with Crippen LogP contribution < -0.4 is 0 Å². The zero-order chi connectivity index (χ0) is 14.3. The fourth-order valence-corrected chi connectivity index (χ4v) is 3.12. The fraction of sp³-hybridized carbons (Fsp3) is 0.611. The van der Waals surface area contributed by atoms with Gasteiger partial charge < -0.3 is 4.79 Å². The summed E-state index contributed by atoms with van der Waals surface area (Å²) in [6, 6.07) is 8.71. The minimum absolute atomic E-state index is 0.320. The van der Waals surface area contributed by atoms with Gasteiger partial charge in [0.25, 0.3) is 0 Å². The third-order valence-corrected chi connectivity index (χ3v) is 4.12. The summed E-state index contributed by atoms with van der Waals surface area (Å²) in [4.78, 5) is 11.3. The van der Waals surface area contributed by atoms with Crippen LogP contribution in [0.15, 0.2) is 24.3 Å². The minimum Gasteiger partial charge on any atom is -0.300 e. The van der Waals surface area contributed by atoms with E-state index in [0.29, 0.717) is 17.6 Å². The number of rotatable bonds is 8. The van der Waals surface area contributed by atoms with Crippen LogP contribution in [0.4, 0.5) is 0 Å². The predicted molar refractivity (Wildman–Crippen MR) is 82.5 cm³/mol. The summed E-state index contributed by atoms with van der Waals surface area (Å²) in [5.74, 6) is 1.56. The molecule has 1 aromatic carbocycles. The molecule has 0 saturated carbocycles. The lowest BCUT2D eigenvalue weighted by atomic mass is 9.77. The van der Waals surface area contributed by atoms with Gasteiger partial charge in [-0.2, -0.15) is 0 Å². The normalized spacial score (nSPS) is 14.1. The van der Waals surface area contributed by atoms with Gasteiger partial charge in [-0.25, -0.2) is 0 Å². The highest BCUT2D eigenvalue weighted by Gasteiger charge is 2.22. The Morgan fingerprint density at radius 1 is 1.16 bits per heavy atom. The van der Waals surface area contributed by atoms with E-state index in [1.54, 1.807) is 6.92 Å². The molecular weight excluding hydrogens is 232 g/mol. The van der Waals surface area contributed by atoms with Crippen molar-refractivity contribution in [2.75, 3.05) is 0 Å². The van der Waals surface area contributed by atoms with Crippen molar-refractivity contribution in [3.8, 4) is 0 Å². The van der Waals surface area contributed by atoms with Crippen LogP contribution in [0.1, 0.15) is 69.9 Å². The summed E-state index contributed by atoms with van der Waals surface area (Å²) in [6.45, 7) is 8.42. The lowest BCUT2D eigenvalue weighted by Gasteiger charge is -2.27. The Morgan fingerprint density at radius 2 is 1.84 bits per heavy atom. The monoisotopic (exact) mass is 260 g/mol. The maximum atomic E-state index is 11.3. The molecule has 0 aliphatic rings. The first-order valence-electron chi connectivity index (χ1n) is 7.65. The van der Waals surface area contributed by atoms with Crippen LogP contribution in [0.5, 0.6) is 0 Å². The van der Waals surface area contributed by atoms with Crippen molar-refractivity contribution in [1.29, 1.82) is 0 Å². The number of benzene rings is 1. The van der Waals surface area contributed by atoms with Crippen molar-refractivity contribution in [2.45, 2.75) is 65.7 Å². The largest absolute Gasteiger partial charge is 0.300 e. The summed E-state index contributed by atoms with van der Waals surface area (Å²) in [7, 11) is 0. The number of carbonyl (C=O) groups excluding carboxylic acids is 1. The molecule has 2 atom stereocenters. The highest BCUT2D eigenvalue weighted by atomic mass is 16.1. The molecular formula is C18H28O. The van der Waals surface area contributed by atoms with Crippen LogP contribution in [0.25, 0.3) is 0 Å². The Morgan fingerprint density at radius 3 is 2.37 bits per heavy atom. The molecule has 0 amide bonds. The van der Waals surface area contributed by atoms with Gasteiger partial charge >= 0.3 is 0 Å². The molecule has 0 aliphatic carbocycles. The van der Waals surface area contributed by atoms with Crippen LogP contribution in [0.3, 0.4) is 0 Å². The van der Waals surface area contributed by atoms with Gasteiger partial charge in [0, 0.05) is 6.42 Å². The Hall–Kier alpha value is -1.11. The highest BCUT2D eigenvalue weighted by molar-refractivity contribution is 5.75. The van der Waals surface area contributed by atoms with E-state index in [0.717, 1.165) is 19.3 Å². The standard InChI is InChI=1S/C18H28O/c1-5-9-16(13-12-15(4)19)17(6-2)18-11-8-7-10-14(18)3/h7-8,10-11,16-17H,5-6,9,12-13H2,1-4H3/t16-,17-/m1/s1. The number of ketones is 1. The van der Waals surface area contributed by atoms with Gasteiger partial charge in [0.1, 0.15) is 5.78 Å². The van der Waals surface area contributed by atoms with Gasteiger partial charge in [0.2, 0.25) is 0 Å². The smallest absolute Gasteiger partial charge is 0.129 e. The molecule has 0 saturated heterocycles. The summed E-state index contributed by atoms with van der Waals surface area (Å²) in [5, 5.41) is 0. The average Bonchev–Trinajstić information content (AvgIpc) is 2.38. The molecule has 0 bridgehead atoms. The van der Waals surface area contributed by atoms with Gasteiger partial charge in [-0.15, -0.1) is 0 Å². The Bertz CT molecular complexity index is 394. The van der Waals surface area contributed by atoms with Crippen molar-refractivity contribution >= 4 is 5.78 Å². The molecule has 0 N–H and O–H groups in total. The minimum atomic E-state index is 0.320. The molecule has 1 rings (SSSR count). The van der Waals surface area contributed by atoms with Crippen molar-refractivity contribution in [1.82, 2.24) is 0 Å². The van der Waals surface area contributed by atoms with E-state index in [9.17, 15) is 4.79 Å². The van der Waals surface area contributed by atoms with E-state index in [1.807, 2.05) is 0 Å². The number of Topliss-reactive ketones (excluding diaryl/α,β-unsaturated/α-hetero) is 1. The van der Waals surface area contributed by atoms with Crippen molar-refractivity contribution in [2.24, 2.45) is 5.92 Å². The third-order valence-electron chi connectivity index (χ3n) is 4.12. The molecule has 1 aromatic rings. The Kier molecular flexibility index (Phi) is 6.83. The Labute approximate surface area is 118 Å². The molecule has 0 fully saturated rings. The second-order valence-corrected chi connectivity index (χ2v) is 5.66. The zero-order valence-electron chi connectivity index (χ0n) is 12.9. The second-order valence-electron chi connectivity index (χ2n) is 5.66. The zero-order valence-corrected chi connectivity index (χ0v) is 12.9. The van der Waals surface area contributed by atoms with E-state index in [4.69, 9.17) is 0 Å². The van der Waals surface area contributed by atoms with E-state index in [-0.39, 0.29) is 0 Å². The molecule has 0 radical (unpaired) electrons. The van der Waals surface area contributed by atoms with E-state index in [2.05, 4.69) is 45.0 Å². The molecule has 0 unspecified atom stereocenters. The topological polar surface area (TPSA) is 17.1 Å². The molecule has 106 valence electrons. The lowest BCUT2D eigenvalue weighted by Crippen LogP contribution is -2.15. The fourth-order valence-electron chi connectivity index (χ4n) is 3.12. The van der Waals surface area contributed by atoms with Crippen LogP contribution in [-0.4, -0.2) is 5.78 Å². The second kappa shape index (κ2) is 8.14. The molecule has 0 aromatic heterocycles. The van der Waals surface area contributed by atoms with Gasteiger partial charge in [0.15, 0.2) is 0 Å². The van der Waals surface area contributed by atoms with Crippen molar-refractivity contribution in [3.63, 3.8) is 0 Å². The van der Waals surface area contributed by atoms with Gasteiger partial charge in [0.05, 0.1) is 0 Å². The number of aryl methyl sites for hydroxylation is 1. The first-order chi connectivity index (χ1) is 9.10. The molecule has 0 spiro atoms. The van der Waals surface area contributed by atoms with Gasteiger partial charge in [-0.3, -0.25) is 0 Å². The third kappa shape index (κ3) is 4.81. The maximum Gasteiger partial charge on any atom is 0.129 e. The molecule has 1 nitrogen and oxygen atoms in total. The first-order valence-corrected chi connectivity index (χ1v) is 7.65. The quantitative estimate of drug-likeness (QED) is 0.622. The van der Waals surface area contributed by atoms with E-state index < -0.39 is 0 Å². The number of carbonyl (C=O) groups is 1. The van der Waals surface area contributed by atoms with Crippen LogP contribution >= 0.6 is 0 Å². The molecule has 0 heterocycles. The molecule has 19 heavy (non-hydrogen) atoms. The highest BCUT2D eigenvalue weighted by Crippen LogP contribution is 2.35. The van der Waals surface area contributed by atoms with Crippen LogP contribution in [-0.2, 0) is 4.79 Å². The van der Waals surface area contributed by atoms with Crippen molar-refractivity contribution < 1.29 is 4.79 Å². The summed E-state index contributed by atoms with van der Waals surface area (Å²) in [6.07, 6.45) is 5.35. The van der Waals surface area contributed by atoms with Gasteiger partial charge in [-0.05, 0) is 49.7 Å². The van der Waals surface area contributed by atoms with Crippen LogP contribution in [0.2, 0.25) is 0 Å². The Balaban J connectivity index is 2.89. The average molecular weight is 260 g/mol. The van der Waals surface area contributed by atoms with E-state index in [1.165, 1.54) is 24.0 Å². The summed E-state index contributed by atoms with van der Waals surface area (Å²) < 4.78 is 0. The van der Waals surface area contributed by atoms with Gasteiger partial charge in [-0.1, -0.05) is 51.0 Å². The molecule has 0 aliphatic heterocycles. The van der Waals surface area contributed by atoms with Crippen molar-refractivity contribution in [3.05, 3.63) is 35.4 Å². The molecule has 1 heteroatoms. The number of hydrogen-bond acceptors (Lipinski definition) is 1. The van der Waals surface area contributed by atoms with E-state index >= 15 is 0 Å². The van der Waals surface area contributed by atoms with Crippen LogP contribution in [0, 0.1) is 12.8 Å². The first kappa shape index (κ1) is 15.9. The number of hydrogen-bond donors (Lipinski definition) is 0. The maximum absolute atomic E-state index is 11.3. The summed E-state index contributed by atoms with van der Waals surface area (Å²) >= 11 is 0.